The van der Waals surface area contributed by atoms with Crippen molar-refractivity contribution in [3.05, 3.63) is 75.8 Å². The van der Waals surface area contributed by atoms with Gasteiger partial charge in [0.1, 0.15) is 0 Å². The maximum Gasteiger partial charge on any atom is 0.269 e. The molecular weight excluding hydrogens is 380 g/mol. The quantitative estimate of drug-likeness (QED) is 0.388. The van der Waals surface area contributed by atoms with Crippen molar-refractivity contribution < 1.29 is 14.8 Å². The Bertz CT molecular complexity index is 753. The molecule has 6 nitrogen and oxygen atoms in total. The Morgan fingerprint density at radius 1 is 1.11 bits per heavy atom. The van der Waals surface area contributed by atoms with Crippen molar-refractivity contribution in [3.8, 4) is 0 Å². The van der Waals surface area contributed by atoms with Crippen LogP contribution in [0, 0.1) is 10.1 Å². The van der Waals surface area contributed by atoms with Gasteiger partial charge in [-0.1, -0.05) is 61.7 Å². The Kier molecular flexibility index (Phi) is 8.38. The van der Waals surface area contributed by atoms with Crippen molar-refractivity contribution >= 4 is 18.1 Å². The Labute approximate surface area is 171 Å². The highest BCUT2D eigenvalue weighted by atomic mass is 35.5. The van der Waals surface area contributed by atoms with Crippen molar-refractivity contribution in [2.24, 2.45) is 0 Å². The van der Waals surface area contributed by atoms with Crippen molar-refractivity contribution in [1.82, 2.24) is 5.32 Å². The molecule has 1 saturated carbocycles. The molecule has 2 aromatic rings. The number of ether oxygens (including phenoxy) is 1. The molecule has 7 heteroatoms. The predicted molar refractivity (Wildman–Crippen MR) is 110 cm³/mol. The van der Waals surface area contributed by atoms with Crippen molar-refractivity contribution in [2.75, 3.05) is 6.54 Å². The van der Waals surface area contributed by atoms with Gasteiger partial charge in [-0.3, -0.25) is 10.1 Å². The number of halogens is 1. The zero-order chi connectivity index (χ0) is 19.1. The van der Waals surface area contributed by atoms with E-state index >= 15 is 0 Å². The van der Waals surface area contributed by atoms with Gasteiger partial charge in [0.25, 0.3) is 5.69 Å². The van der Waals surface area contributed by atoms with Crippen LogP contribution in [-0.4, -0.2) is 22.6 Å². The molecule has 28 heavy (non-hydrogen) atoms. The van der Waals surface area contributed by atoms with E-state index in [2.05, 4.69) is 5.32 Å². The van der Waals surface area contributed by atoms with Gasteiger partial charge < -0.3 is 15.2 Å². The van der Waals surface area contributed by atoms with Crippen LogP contribution in [0.1, 0.15) is 43.2 Å². The lowest BCUT2D eigenvalue weighted by Gasteiger charge is -2.32. The summed E-state index contributed by atoms with van der Waals surface area (Å²) in [4.78, 5) is 10.5. The zero-order valence-electron chi connectivity index (χ0n) is 15.8. The average molecular weight is 407 g/mol. The lowest BCUT2D eigenvalue weighted by molar-refractivity contribution is -0.385. The van der Waals surface area contributed by atoms with Gasteiger partial charge >= 0.3 is 0 Å². The normalized spacial score (nSPS) is 16.8. The molecule has 1 aliphatic rings. The Balaban J connectivity index is 0.00000280. The molecule has 0 spiro atoms. The molecule has 152 valence electrons. The average Bonchev–Trinajstić information content (AvgIpc) is 2.72. The third-order valence-electron chi connectivity index (χ3n) is 5.06. The molecular formula is C21H27ClN2O4. The zero-order valence-corrected chi connectivity index (χ0v) is 16.6. The summed E-state index contributed by atoms with van der Waals surface area (Å²) in [7, 11) is 0. The molecule has 3 rings (SSSR count). The molecule has 0 aliphatic heterocycles. The first-order chi connectivity index (χ1) is 13.1. The minimum Gasteiger partial charge on any atom is -0.361 e. The topological polar surface area (TPSA) is 84.6 Å². The second-order valence-electron chi connectivity index (χ2n) is 7.08. The number of nitro groups is 1. The summed E-state index contributed by atoms with van der Waals surface area (Å²) in [5, 5.41) is 25.6. The van der Waals surface area contributed by atoms with Gasteiger partial charge in [0, 0.05) is 23.7 Å². The molecule has 0 amide bonds. The van der Waals surface area contributed by atoms with Crippen LogP contribution < -0.4 is 5.32 Å². The second kappa shape index (κ2) is 10.5. The molecule has 1 aliphatic carbocycles. The first-order valence-electron chi connectivity index (χ1n) is 9.45. The SMILES string of the molecule is Cl.O=[N+]([O-])c1cccc(COC(O)(CNC2CCCCC2)c2ccccc2)c1. The van der Waals surface area contributed by atoms with Crippen molar-refractivity contribution in [1.29, 1.82) is 0 Å². The van der Waals surface area contributed by atoms with E-state index in [0.29, 0.717) is 17.2 Å². The van der Waals surface area contributed by atoms with Crippen LogP contribution in [0.5, 0.6) is 0 Å². The van der Waals surface area contributed by atoms with E-state index in [1.807, 2.05) is 30.3 Å². The smallest absolute Gasteiger partial charge is 0.269 e. The van der Waals surface area contributed by atoms with Crippen LogP contribution in [0.4, 0.5) is 5.69 Å². The number of nitrogens with one attached hydrogen (secondary N) is 1. The molecule has 0 radical (unpaired) electrons. The summed E-state index contributed by atoms with van der Waals surface area (Å²) in [6, 6.07) is 15.9. The van der Waals surface area contributed by atoms with Crippen LogP contribution >= 0.6 is 12.4 Å². The van der Waals surface area contributed by atoms with E-state index in [1.165, 1.54) is 31.4 Å². The van der Waals surface area contributed by atoms with E-state index in [-0.39, 0.29) is 31.2 Å². The standard InChI is InChI=1S/C21H26N2O4.ClH/c24-21(18-9-3-1-4-10-18,16-22-19-11-5-2-6-12-19)27-15-17-8-7-13-20(14-17)23(25)26;/h1,3-4,7-10,13-14,19,22,24H,2,5-6,11-12,15-16H2;1H. The van der Waals surface area contributed by atoms with Crippen molar-refractivity contribution in [3.63, 3.8) is 0 Å². The van der Waals surface area contributed by atoms with Gasteiger partial charge in [-0.05, 0) is 18.4 Å². The van der Waals surface area contributed by atoms with Crippen LogP contribution in [0.15, 0.2) is 54.6 Å². The van der Waals surface area contributed by atoms with Crippen LogP contribution in [0.3, 0.4) is 0 Å². The first kappa shape index (κ1) is 22.3. The molecule has 1 fully saturated rings. The summed E-state index contributed by atoms with van der Waals surface area (Å²) in [6.07, 6.45) is 5.89. The molecule has 0 heterocycles. The monoisotopic (exact) mass is 406 g/mol. The van der Waals surface area contributed by atoms with Crippen LogP contribution in [0.25, 0.3) is 0 Å². The fourth-order valence-corrected chi connectivity index (χ4v) is 3.49. The third-order valence-corrected chi connectivity index (χ3v) is 5.06. The Morgan fingerprint density at radius 3 is 2.50 bits per heavy atom. The summed E-state index contributed by atoms with van der Waals surface area (Å²) < 4.78 is 5.90. The number of rotatable bonds is 8. The minimum atomic E-state index is -1.50. The number of nitro benzene ring substituents is 1. The fourth-order valence-electron chi connectivity index (χ4n) is 3.49. The molecule has 2 N–H and O–H groups in total. The van der Waals surface area contributed by atoms with E-state index < -0.39 is 10.7 Å². The van der Waals surface area contributed by atoms with Gasteiger partial charge in [-0.15, -0.1) is 12.4 Å². The third kappa shape index (κ3) is 6.01. The Morgan fingerprint density at radius 2 is 1.82 bits per heavy atom. The molecule has 2 aromatic carbocycles. The fraction of sp³-hybridized carbons (Fsp3) is 0.429. The van der Waals surface area contributed by atoms with E-state index in [9.17, 15) is 15.2 Å². The molecule has 0 aromatic heterocycles. The maximum atomic E-state index is 11.2. The van der Waals surface area contributed by atoms with Gasteiger partial charge in [0.2, 0.25) is 5.79 Å². The lowest BCUT2D eigenvalue weighted by Crippen LogP contribution is -2.45. The molecule has 1 atom stereocenters. The highest BCUT2D eigenvalue weighted by Gasteiger charge is 2.31. The highest BCUT2D eigenvalue weighted by molar-refractivity contribution is 5.85. The lowest BCUT2D eigenvalue weighted by atomic mass is 9.95. The van der Waals surface area contributed by atoms with Gasteiger partial charge in [0.05, 0.1) is 18.1 Å². The largest absolute Gasteiger partial charge is 0.361 e. The van der Waals surface area contributed by atoms with Crippen LogP contribution in [-0.2, 0) is 17.1 Å². The van der Waals surface area contributed by atoms with E-state index in [1.54, 1.807) is 12.1 Å². The number of aliphatic hydroxyl groups is 1. The number of benzene rings is 2. The Hall–Kier alpha value is -1.99. The number of hydrogen-bond acceptors (Lipinski definition) is 5. The summed E-state index contributed by atoms with van der Waals surface area (Å²) in [6.45, 7) is 0.357. The van der Waals surface area contributed by atoms with Crippen LogP contribution in [0.2, 0.25) is 0 Å². The summed E-state index contributed by atoms with van der Waals surface area (Å²) in [5.74, 6) is -1.50. The summed E-state index contributed by atoms with van der Waals surface area (Å²) in [5.41, 5.74) is 1.33. The van der Waals surface area contributed by atoms with Gasteiger partial charge in [-0.25, -0.2) is 0 Å². The number of nitrogens with zero attached hydrogens (tertiary/aromatic N) is 1. The summed E-state index contributed by atoms with van der Waals surface area (Å²) >= 11 is 0. The van der Waals surface area contributed by atoms with Gasteiger partial charge in [0.15, 0.2) is 0 Å². The second-order valence-corrected chi connectivity index (χ2v) is 7.08. The van der Waals surface area contributed by atoms with Gasteiger partial charge in [-0.2, -0.15) is 0 Å². The van der Waals surface area contributed by atoms with E-state index in [0.717, 1.165) is 12.8 Å². The molecule has 1 unspecified atom stereocenters. The van der Waals surface area contributed by atoms with E-state index in [4.69, 9.17) is 4.74 Å². The predicted octanol–water partition coefficient (Wildman–Crippen LogP) is 4.30. The first-order valence-corrected chi connectivity index (χ1v) is 9.45. The molecule has 0 bridgehead atoms. The van der Waals surface area contributed by atoms with Crippen molar-refractivity contribution in [2.45, 2.75) is 50.5 Å². The number of hydrogen-bond donors (Lipinski definition) is 2. The molecule has 0 saturated heterocycles. The number of non-ortho nitro benzene ring substituents is 1. The maximum absolute atomic E-state index is 11.2. The highest BCUT2D eigenvalue weighted by Crippen LogP contribution is 2.26. The minimum absolute atomic E-state index is 0.